The molecule has 0 aromatic heterocycles. The molecule has 0 saturated carbocycles. The van der Waals surface area contributed by atoms with E-state index < -0.39 is 0 Å². The highest BCUT2D eigenvalue weighted by molar-refractivity contribution is 5.94. The average Bonchev–Trinajstić information content (AvgIpc) is 2.84. The van der Waals surface area contributed by atoms with E-state index in [1.165, 1.54) is 25.7 Å². The summed E-state index contributed by atoms with van der Waals surface area (Å²) in [5.41, 5.74) is 1.84. The van der Waals surface area contributed by atoms with Crippen molar-refractivity contribution < 1.29 is 9.90 Å². The van der Waals surface area contributed by atoms with Crippen molar-refractivity contribution in [3.8, 4) is 0 Å². The van der Waals surface area contributed by atoms with E-state index in [1.807, 2.05) is 43.1 Å². The number of benzene rings is 1. The van der Waals surface area contributed by atoms with Crippen LogP contribution in [0.5, 0.6) is 0 Å². The molecule has 1 aliphatic heterocycles. The van der Waals surface area contributed by atoms with Gasteiger partial charge in [0.25, 0.3) is 0 Å². The monoisotopic (exact) mass is 319 g/mol. The number of hydrogen-bond donors (Lipinski definition) is 2. The number of likely N-dealkylation sites (N-methyl/N-ethyl adjacent to an activating group) is 1. The van der Waals surface area contributed by atoms with Gasteiger partial charge in [-0.05, 0) is 57.1 Å². The van der Waals surface area contributed by atoms with Crippen molar-refractivity contribution in [2.45, 2.75) is 38.6 Å². The van der Waals surface area contributed by atoms with E-state index in [-0.39, 0.29) is 18.6 Å². The van der Waals surface area contributed by atoms with Gasteiger partial charge in [0.15, 0.2) is 0 Å². The van der Waals surface area contributed by atoms with Crippen LogP contribution in [0.3, 0.4) is 0 Å². The summed E-state index contributed by atoms with van der Waals surface area (Å²) in [5.74, 6) is 0.0587. The third-order valence-corrected chi connectivity index (χ3v) is 4.58. The Bertz CT molecular complexity index is 482. The molecular weight excluding hydrogens is 290 g/mol. The van der Waals surface area contributed by atoms with Crippen LogP contribution < -0.4 is 10.2 Å². The Balaban J connectivity index is 1.91. The Hall–Kier alpha value is -1.59. The lowest BCUT2D eigenvalue weighted by molar-refractivity contribution is -0.120. The average molecular weight is 319 g/mol. The topological polar surface area (TPSA) is 55.8 Å². The Kier molecular flexibility index (Phi) is 6.86. The minimum Gasteiger partial charge on any atom is -0.395 e. The molecule has 128 valence electrons. The van der Waals surface area contributed by atoms with Crippen LogP contribution in [0.15, 0.2) is 24.3 Å². The Labute approximate surface area is 139 Å². The van der Waals surface area contributed by atoms with Crippen LogP contribution in [-0.2, 0) is 4.79 Å². The first-order chi connectivity index (χ1) is 11.1. The zero-order valence-electron chi connectivity index (χ0n) is 14.3. The van der Waals surface area contributed by atoms with E-state index in [0.717, 1.165) is 24.5 Å². The van der Waals surface area contributed by atoms with Crippen molar-refractivity contribution in [1.29, 1.82) is 0 Å². The zero-order chi connectivity index (χ0) is 16.7. The second kappa shape index (κ2) is 8.89. The SMILES string of the molecule is CC(C(=O)Nc1ccc(N(C)CCO)cc1)N1CCCCCC1. The van der Waals surface area contributed by atoms with Gasteiger partial charge in [0.1, 0.15) is 0 Å². The van der Waals surface area contributed by atoms with Gasteiger partial charge in [-0.15, -0.1) is 0 Å². The smallest absolute Gasteiger partial charge is 0.241 e. The van der Waals surface area contributed by atoms with Crippen LogP contribution in [0.1, 0.15) is 32.6 Å². The summed E-state index contributed by atoms with van der Waals surface area (Å²) in [6.07, 6.45) is 4.91. The standard InChI is InChI=1S/C18H29N3O2/c1-15(21-11-5-3-4-6-12-21)18(23)19-16-7-9-17(10-8-16)20(2)13-14-22/h7-10,15,22H,3-6,11-14H2,1-2H3,(H,19,23). The number of carbonyl (C=O) groups is 1. The summed E-state index contributed by atoms with van der Waals surface area (Å²) in [6.45, 7) is 4.74. The molecule has 0 aliphatic carbocycles. The van der Waals surface area contributed by atoms with Crippen LogP contribution in [0.4, 0.5) is 11.4 Å². The fourth-order valence-electron chi connectivity index (χ4n) is 2.97. The highest BCUT2D eigenvalue weighted by atomic mass is 16.3. The Morgan fingerprint density at radius 1 is 1.22 bits per heavy atom. The quantitative estimate of drug-likeness (QED) is 0.845. The summed E-state index contributed by atoms with van der Waals surface area (Å²) >= 11 is 0. The molecule has 23 heavy (non-hydrogen) atoms. The first-order valence-electron chi connectivity index (χ1n) is 8.59. The van der Waals surface area contributed by atoms with E-state index in [0.29, 0.717) is 6.54 Å². The molecule has 1 atom stereocenters. The fourth-order valence-corrected chi connectivity index (χ4v) is 2.97. The first-order valence-corrected chi connectivity index (χ1v) is 8.59. The fraction of sp³-hybridized carbons (Fsp3) is 0.611. The van der Waals surface area contributed by atoms with Gasteiger partial charge in [-0.2, -0.15) is 0 Å². The molecule has 1 heterocycles. The van der Waals surface area contributed by atoms with Gasteiger partial charge in [-0.3, -0.25) is 9.69 Å². The highest BCUT2D eigenvalue weighted by Crippen LogP contribution is 2.18. The predicted molar refractivity (Wildman–Crippen MR) is 94.9 cm³/mol. The maximum atomic E-state index is 12.4. The lowest BCUT2D eigenvalue weighted by atomic mass is 10.2. The number of hydrogen-bond acceptors (Lipinski definition) is 4. The molecule has 1 fully saturated rings. The van der Waals surface area contributed by atoms with Crippen molar-refractivity contribution in [3.05, 3.63) is 24.3 Å². The van der Waals surface area contributed by atoms with Gasteiger partial charge in [0.05, 0.1) is 12.6 Å². The van der Waals surface area contributed by atoms with Gasteiger partial charge in [0, 0.05) is 25.0 Å². The lowest BCUT2D eigenvalue weighted by Gasteiger charge is -2.26. The molecule has 0 bridgehead atoms. The number of aliphatic hydroxyl groups is 1. The number of aliphatic hydroxyl groups excluding tert-OH is 1. The summed E-state index contributed by atoms with van der Waals surface area (Å²) < 4.78 is 0. The van der Waals surface area contributed by atoms with Crippen molar-refractivity contribution >= 4 is 17.3 Å². The van der Waals surface area contributed by atoms with Gasteiger partial charge in [-0.1, -0.05) is 12.8 Å². The second-order valence-electron chi connectivity index (χ2n) is 6.31. The minimum atomic E-state index is -0.0927. The van der Waals surface area contributed by atoms with Crippen molar-refractivity contribution in [1.82, 2.24) is 4.90 Å². The van der Waals surface area contributed by atoms with E-state index in [2.05, 4.69) is 10.2 Å². The van der Waals surface area contributed by atoms with Gasteiger partial charge in [0.2, 0.25) is 5.91 Å². The molecule has 0 spiro atoms. The van der Waals surface area contributed by atoms with Gasteiger partial charge in [-0.25, -0.2) is 0 Å². The number of carbonyl (C=O) groups excluding carboxylic acids is 1. The summed E-state index contributed by atoms with van der Waals surface area (Å²) in [6, 6.07) is 7.65. The summed E-state index contributed by atoms with van der Waals surface area (Å²) in [4.78, 5) is 16.7. The summed E-state index contributed by atoms with van der Waals surface area (Å²) in [5, 5.41) is 12.0. The number of likely N-dealkylation sites (tertiary alicyclic amines) is 1. The molecule has 0 radical (unpaired) electrons. The van der Waals surface area contributed by atoms with Crippen LogP contribution in [0, 0.1) is 0 Å². The maximum absolute atomic E-state index is 12.4. The van der Waals surface area contributed by atoms with E-state index in [1.54, 1.807) is 0 Å². The maximum Gasteiger partial charge on any atom is 0.241 e. The van der Waals surface area contributed by atoms with E-state index >= 15 is 0 Å². The van der Waals surface area contributed by atoms with Gasteiger partial charge >= 0.3 is 0 Å². The van der Waals surface area contributed by atoms with E-state index in [9.17, 15) is 4.79 Å². The number of nitrogens with one attached hydrogen (secondary N) is 1. The number of amides is 1. The third kappa shape index (κ3) is 5.22. The third-order valence-electron chi connectivity index (χ3n) is 4.58. The number of nitrogens with zero attached hydrogens (tertiary/aromatic N) is 2. The molecule has 1 saturated heterocycles. The molecule has 1 amide bonds. The zero-order valence-corrected chi connectivity index (χ0v) is 14.3. The Morgan fingerprint density at radius 3 is 2.39 bits per heavy atom. The number of rotatable bonds is 6. The first kappa shape index (κ1) is 17.8. The van der Waals surface area contributed by atoms with Crippen molar-refractivity contribution in [2.75, 3.05) is 43.5 Å². The lowest BCUT2D eigenvalue weighted by Crippen LogP contribution is -2.42. The predicted octanol–water partition coefficient (Wildman–Crippen LogP) is 2.32. The molecule has 2 N–H and O–H groups in total. The highest BCUT2D eigenvalue weighted by Gasteiger charge is 2.22. The normalized spacial score (nSPS) is 17.3. The largest absolute Gasteiger partial charge is 0.395 e. The molecule has 1 aromatic carbocycles. The van der Waals surface area contributed by atoms with Crippen LogP contribution in [0.25, 0.3) is 0 Å². The molecule has 2 rings (SSSR count). The molecule has 5 heteroatoms. The molecule has 1 aliphatic rings. The molecule has 1 aromatic rings. The second-order valence-corrected chi connectivity index (χ2v) is 6.31. The molecular formula is C18H29N3O2. The Morgan fingerprint density at radius 2 is 1.83 bits per heavy atom. The van der Waals surface area contributed by atoms with E-state index in [4.69, 9.17) is 5.11 Å². The van der Waals surface area contributed by atoms with Gasteiger partial charge < -0.3 is 15.3 Å². The van der Waals surface area contributed by atoms with Crippen LogP contribution in [0.2, 0.25) is 0 Å². The van der Waals surface area contributed by atoms with Crippen molar-refractivity contribution in [3.63, 3.8) is 0 Å². The van der Waals surface area contributed by atoms with Crippen LogP contribution >= 0.6 is 0 Å². The van der Waals surface area contributed by atoms with Crippen molar-refractivity contribution in [2.24, 2.45) is 0 Å². The molecule has 1 unspecified atom stereocenters. The minimum absolute atomic E-state index is 0.0587. The molecule has 5 nitrogen and oxygen atoms in total. The summed E-state index contributed by atoms with van der Waals surface area (Å²) in [7, 11) is 1.94. The number of anilines is 2. The van der Waals surface area contributed by atoms with Crippen LogP contribution in [-0.4, -0.2) is 55.2 Å².